The van der Waals surface area contributed by atoms with E-state index in [4.69, 9.17) is 0 Å². The Morgan fingerprint density at radius 3 is 2.75 bits per heavy atom. The zero-order chi connectivity index (χ0) is 5.11. The van der Waals surface area contributed by atoms with E-state index in [1.54, 1.807) is 6.08 Å². The lowest BCUT2D eigenvalue weighted by Crippen LogP contribution is -2.22. The highest BCUT2D eigenvalue weighted by Crippen LogP contribution is 1.88. The highest BCUT2D eigenvalue weighted by atomic mass is 16.6. The second kappa shape index (κ2) is 3.07. The molecule has 0 aliphatic carbocycles. The van der Waals surface area contributed by atoms with Gasteiger partial charge in [0.15, 0.2) is 0 Å². The summed E-state index contributed by atoms with van der Waals surface area (Å²) >= 11 is 0. The molecule has 0 atom stereocenters. The molecule has 8 heavy (non-hydrogen) atoms. The highest BCUT2D eigenvalue weighted by Gasteiger charge is 1.98. The van der Waals surface area contributed by atoms with Crippen molar-refractivity contribution >= 4 is 5.91 Å². The van der Waals surface area contributed by atoms with Gasteiger partial charge in [0, 0.05) is 7.43 Å². The summed E-state index contributed by atoms with van der Waals surface area (Å²) in [4.78, 5) is 14.6. The summed E-state index contributed by atoms with van der Waals surface area (Å²) in [7, 11) is 0. The molecule has 1 aliphatic rings. The maximum absolute atomic E-state index is 10.2. The van der Waals surface area contributed by atoms with Gasteiger partial charge in [0.05, 0.1) is 6.42 Å². The Labute approximate surface area is 48.3 Å². The van der Waals surface area contributed by atoms with Crippen LogP contribution in [0.3, 0.4) is 0 Å². The molecule has 42 valence electrons. The second-order valence-corrected chi connectivity index (χ2v) is 1.22. The summed E-state index contributed by atoms with van der Waals surface area (Å²) in [6.07, 6.45) is 3.53. The van der Waals surface area contributed by atoms with Crippen molar-refractivity contribution in [1.82, 2.24) is 5.48 Å². The van der Waals surface area contributed by atoms with Crippen LogP contribution in [0.5, 0.6) is 0 Å². The molecule has 1 rings (SSSR count). The van der Waals surface area contributed by atoms with Gasteiger partial charge >= 0.3 is 0 Å². The number of hydrogen-bond donors (Lipinski definition) is 1. The molecule has 1 heterocycles. The van der Waals surface area contributed by atoms with Crippen LogP contribution < -0.4 is 5.48 Å². The number of carbonyl (C=O) groups is 1. The topological polar surface area (TPSA) is 38.3 Å². The molecule has 0 fully saturated rings. The first-order valence-corrected chi connectivity index (χ1v) is 1.99. The van der Waals surface area contributed by atoms with Gasteiger partial charge in [-0.1, -0.05) is 0 Å². The molecule has 0 saturated heterocycles. The first-order chi connectivity index (χ1) is 3.39. The predicted molar refractivity (Wildman–Crippen MR) is 26.2 cm³/mol. The van der Waals surface area contributed by atoms with E-state index in [1.807, 2.05) is 0 Å². The van der Waals surface area contributed by atoms with E-state index in [9.17, 15) is 4.79 Å². The van der Waals surface area contributed by atoms with Gasteiger partial charge in [-0.2, -0.15) is 5.48 Å². The molecule has 0 aromatic carbocycles. The molecule has 3 nitrogen and oxygen atoms in total. The van der Waals surface area contributed by atoms with Crippen LogP contribution in [0.2, 0.25) is 0 Å². The molecule has 4 radical (unpaired) electrons. The summed E-state index contributed by atoms with van der Waals surface area (Å²) in [6.45, 7) is 0. The fourth-order valence-electron chi connectivity index (χ4n) is 0.345. The van der Waals surface area contributed by atoms with Crippen molar-refractivity contribution < 1.29 is 9.63 Å². The third-order valence-corrected chi connectivity index (χ3v) is 0.640. The molecule has 1 N–H and O–H groups in total. The van der Waals surface area contributed by atoms with E-state index >= 15 is 0 Å². The van der Waals surface area contributed by atoms with E-state index < -0.39 is 0 Å². The van der Waals surface area contributed by atoms with Gasteiger partial charge in [-0.3, -0.25) is 4.79 Å². The Balaban J connectivity index is 0.000000490. The van der Waals surface area contributed by atoms with E-state index in [1.165, 1.54) is 6.26 Å². The van der Waals surface area contributed by atoms with Crippen molar-refractivity contribution in [3.63, 3.8) is 0 Å². The molecular formula is C5H5NO2. The largest absolute Gasteiger partial charge is 0.388 e. The van der Waals surface area contributed by atoms with Crippen LogP contribution in [-0.2, 0) is 9.63 Å². The molecule has 0 saturated carbocycles. The van der Waals surface area contributed by atoms with Crippen LogP contribution in [0.15, 0.2) is 12.3 Å². The Kier molecular flexibility index (Phi) is 2.69. The Hall–Kier alpha value is -0.990. The summed E-state index contributed by atoms with van der Waals surface area (Å²) < 4.78 is 0. The molecule has 0 aromatic rings. The standard InChI is InChI=1S/C4H5NO2.C/c6-4-2-1-3-7-5-4;/h1,3H,2H2,(H,5,6);. The van der Waals surface area contributed by atoms with Crippen LogP contribution in [0.25, 0.3) is 0 Å². The average molecular weight is 111 g/mol. The van der Waals surface area contributed by atoms with Gasteiger partial charge in [-0.25, -0.2) is 0 Å². The van der Waals surface area contributed by atoms with Gasteiger partial charge in [-0.15, -0.1) is 0 Å². The summed E-state index contributed by atoms with van der Waals surface area (Å²) in [5, 5.41) is 0. The van der Waals surface area contributed by atoms with E-state index in [0.29, 0.717) is 6.42 Å². The van der Waals surface area contributed by atoms with Gasteiger partial charge in [0.2, 0.25) is 0 Å². The monoisotopic (exact) mass is 111 g/mol. The van der Waals surface area contributed by atoms with Crippen LogP contribution in [0.1, 0.15) is 6.42 Å². The Morgan fingerprint density at radius 2 is 2.50 bits per heavy atom. The third kappa shape index (κ3) is 1.64. The van der Waals surface area contributed by atoms with Crippen LogP contribution >= 0.6 is 0 Å². The molecule has 0 unspecified atom stereocenters. The molecule has 0 spiro atoms. The van der Waals surface area contributed by atoms with Gasteiger partial charge < -0.3 is 4.84 Å². The Bertz CT molecular complexity index is 109. The fraction of sp³-hybridized carbons (Fsp3) is 0.200. The first-order valence-electron chi connectivity index (χ1n) is 1.99. The minimum absolute atomic E-state index is 0. The quantitative estimate of drug-likeness (QED) is 0.479. The average Bonchev–Trinajstić information content (AvgIpc) is 1.69. The summed E-state index contributed by atoms with van der Waals surface area (Å²) in [6, 6.07) is 0. The van der Waals surface area contributed by atoms with Crippen LogP contribution in [0.4, 0.5) is 0 Å². The lowest BCUT2D eigenvalue weighted by molar-refractivity contribution is -0.130. The number of hydrogen-bond acceptors (Lipinski definition) is 2. The van der Waals surface area contributed by atoms with E-state index in [-0.39, 0.29) is 13.3 Å². The van der Waals surface area contributed by atoms with Gasteiger partial charge in [0.25, 0.3) is 5.91 Å². The molecule has 0 aromatic heterocycles. The number of carbonyl (C=O) groups excluding carboxylic acids is 1. The zero-order valence-electron chi connectivity index (χ0n) is 4.18. The SMILES string of the molecule is O=C1CC=CON1.[C]. The van der Waals surface area contributed by atoms with Crippen molar-refractivity contribution in [3.05, 3.63) is 19.8 Å². The fourth-order valence-corrected chi connectivity index (χ4v) is 0.345. The number of nitrogens with one attached hydrogen (secondary N) is 1. The van der Waals surface area contributed by atoms with Crippen LogP contribution in [0, 0.1) is 7.43 Å². The number of amides is 1. The minimum Gasteiger partial charge on any atom is -0.388 e. The molecular weight excluding hydrogens is 106 g/mol. The minimum atomic E-state index is -0.0949. The molecule has 3 heteroatoms. The number of rotatable bonds is 0. The maximum Gasteiger partial charge on any atom is 0.256 e. The van der Waals surface area contributed by atoms with Crippen molar-refractivity contribution in [2.24, 2.45) is 0 Å². The van der Waals surface area contributed by atoms with Crippen LogP contribution in [-0.4, -0.2) is 5.91 Å². The Morgan fingerprint density at radius 1 is 1.75 bits per heavy atom. The highest BCUT2D eigenvalue weighted by molar-refractivity contribution is 5.76. The first kappa shape index (κ1) is 7.01. The normalized spacial score (nSPS) is 15.8. The lowest BCUT2D eigenvalue weighted by atomic mass is 10.4. The van der Waals surface area contributed by atoms with Gasteiger partial charge in [0.1, 0.15) is 6.26 Å². The number of hydroxylamine groups is 1. The van der Waals surface area contributed by atoms with Gasteiger partial charge in [-0.05, 0) is 6.08 Å². The molecule has 1 amide bonds. The lowest BCUT2D eigenvalue weighted by Gasteiger charge is -2.03. The summed E-state index contributed by atoms with van der Waals surface area (Å²) in [5.41, 5.74) is 2.16. The van der Waals surface area contributed by atoms with E-state index in [2.05, 4.69) is 10.3 Å². The van der Waals surface area contributed by atoms with E-state index in [0.717, 1.165) is 0 Å². The van der Waals surface area contributed by atoms with Crippen molar-refractivity contribution in [2.45, 2.75) is 6.42 Å². The molecule has 0 bridgehead atoms. The van der Waals surface area contributed by atoms with Crippen molar-refractivity contribution in [3.8, 4) is 0 Å². The molecule has 1 aliphatic heterocycles. The van der Waals surface area contributed by atoms with Crippen molar-refractivity contribution in [1.29, 1.82) is 0 Å². The second-order valence-electron chi connectivity index (χ2n) is 1.22. The third-order valence-electron chi connectivity index (χ3n) is 0.640. The van der Waals surface area contributed by atoms with Crippen molar-refractivity contribution in [2.75, 3.05) is 0 Å². The predicted octanol–water partition coefficient (Wildman–Crippen LogP) is 0.0329. The smallest absolute Gasteiger partial charge is 0.256 e. The summed E-state index contributed by atoms with van der Waals surface area (Å²) in [5.74, 6) is -0.0949. The maximum atomic E-state index is 10.2. The zero-order valence-corrected chi connectivity index (χ0v) is 4.18.